The Morgan fingerprint density at radius 3 is 2.29 bits per heavy atom. The molecule has 80 valence electrons. The zero-order valence-electron chi connectivity index (χ0n) is 8.59. The lowest BCUT2D eigenvalue weighted by molar-refractivity contribution is -0.133. The van der Waals surface area contributed by atoms with Crippen molar-refractivity contribution in [2.45, 2.75) is 13.8 Å². The molecule has 0 heterocycles. The standard InChI is InChI=1S/C9H15NO4/c1-6(7(2)9(12)13)8(11)10-4-5-14-3/h4-5H2,1-3H3,(H,10,11)(H,12,13)/b7-6-. The van der Waals surface area contributed by atoms with Crippen LogP contribution in [0.25, 0.3) is 0 Å². The number of hydrogen-bond donors (Lipinski definition) is 2. The molecule has 0 atom stereocenters. The van der Waals surface area contributed by atoms with E-state index in [0.717, 1.165) is 0 Å². The molecular weight excluding hydrogens is 186 g/mol. The van der Waals surface area contributed by atoms with E-state index in [9.17, 15) is 9.59 Å². The molecule has 0 aliphatic carbocycles. The molecule has 5 heteroatoms. The molecule has 0 aromatic heterocycles. The Bertz CT molecular complexity index is 258. The number of carboxylic acid groups (broad SMARTS) is 1. The number of ether oxygens (including phenoxy) is 1. The van der Waals surface area contributed by atoms with Crippen molar-refractivity contribution in [3.8, 4) is 0 Å². The Labute approximate surface area is 82.7 Å². The summed E-state index contributed by atoms with van der Waals surface area (Å²) < 4.78 is 4.73. The van der Waals surface area contributed by atoms with Gasteiger partial charge in [0.05, 0.1) is 6.61 Å². The second-order valence-electron chi connectivity index (χ2n) is 2.80. The number of rotatable bonds is 5. The minimum Gasteiger partial charge on any atom is -0.478 e. The number of carboxylic acids is 1. The summed E-state index contributed by atoms with van der Waals surface area (Å²) in [5.74, 6) is -1.45. The topological polar surface area (TPSA) is 75.6 Å². The highest BCUT2D eigenvalue weighted by Gasteiger charge is 2.11. The highest BCUT2D eigenvalue weighted by atomic mass is 16.5. The zero-order valence-corrected chi connectivity index (χ0v) is 8.59. The van der Waals surface area contributed by atoms with Crippen molar-refractivity contribution in [3.05, 3.63) is 11.1 Å². The highest BCUT2D eigenvalue weighted by Crippen LogP contribution is 2.02. The molecule has 0 spiro atoms. The summed E-state index contributed by atoms with van der Waals surface area (Å²) in [7, 11) is 1.53. The summed E-state index contributed by atoms with van der Waals surface area (Å²) in [6.07, 6.45) is 0. The van der Waals surface area contributed by atoms with Crippen LogP contribution in [-0.2, 0) is 14.3 Å². The van der Waals surface area contributed by atoms with E-state index in [1.807, 2.05) is 0 Å². The van der Waals surface area contributed by atoms with E-state index in [1.165, 1.54) is 21.0 Å². The number of aliphatic carboxylic acids is 1. The van der Waals surface area contributed by atoms with Gasteiger partial charge in [0.25, 0.3) is 0 Å². The summed E-state index contributed by atoms with van der Waals surface area (Å²) in [5, 5.41) is 11.1. The predicted molar refractivity (Wildman–Crippen MR) is 50.9 cm³/mol. The second kappa shape index (κ2) is 6.15. The third kappa shape index (κ3) is 4.04. The predicted octanol–water partition coefficient (Wildman–Crippen LogP) is 0.170. The van der Waals surface area contributed by atoms with E-state index >= 15 is 0 Å². The van der Waals surface area contributed by atoms with Gasteiger partial charge in [-0.05, 0) is 13.8 Å². The molecule has 1 amide bonds. The van der Waals surface area contributed by atoms with Gasteiger partial charge >= 0.3 is 5.97 Å². The highest BCUT2D eigenvalue weighted by molar-refractivity contribution is 6.01. The van der Waals surface area contributed by atoms with E-state index in [-0.39, 0.29) is 17.1 Å². The second-order valence-corrected chi connectivity index (χ2v) is 2.80. The third-order valence-electron chi connectivity index (χ3n) is 1.82. The van der Waals surface area contributed by atoms with Gasteiger partial charge in [0.2, 0.25) is 5.91 Å². The first-order chi connectivity index (χ1) is 6.50. The zero-order chi connectivity index (χ0) is 11.1. The summed E-state index contributed by atoms with van der Waals surface area (Å²) in [5.41, 5.74) is 0.272. The van der Waals surface area contributed by atoms with Gasteiger partial charge in [-0.2, -0.15) is 0 Å². The van der Waals surface area contributed by atoms with Gasteiger partial charge in [0.1, 0.15) is 0 Å². The Morgan fingerprint density at radius 2 is 1.86 bits per heavy atom. The number of carbonyl (C=O) groups is 2. The first-order valence-electron chi connectivity index (χ1n) is 4.18. The van der Waals surface area contributed by atoms with Crippen molar-refractivity contribution in [1.29, 1.82) is 0 Å². The Morgan fingerprint density at radius 1 is 1.29 bits per heavy atom. The lowest BCUT2D eigenvalue weighted by Crippen LogP contribution is -2.28. The fourth-order valence-corrected chi connectivity index (χ4v) is 0.730. The number of amides is 1. The average Bonchev–Trinajstić information content (AvgIpc) is 2.15. The van der Waals surface area contributed by atoms with Crippen LogP contribution in [0, 0.1) is 0 Å². The maximum atomic E-state index is 11.3. The molecule has 0 fully saturated rings. The summed E-state index contributed by atoms with van der Waals surface area (Å²) in [6.45, 7) is 3.66. The lowest BCUT2D eigenvalue weighted by Gasteiger charge is -2.05. The van der Waals surface area contributed by atoms with E-state index in [0.29, 0.717) is 13.2 Å². The first-order valence-corrected chi connectivity index (χ1v) is 4.18. The van der Waals surface area contributed by atoms with Crippen LogP contribution in [0.5, 0.6) is 0 Å². The minimum atomic E-state index is -1.08. The van der Waals surface area contributed by atoms with Crippen LogP contribution in [0.1, 0.15) is 13.8 Å². The molecule has 5 nitrogen and oxygen atoms in total. The number of carbonyl (C=O) groups excluding carboxylic acids is 1. The minimum absolute atomic E-state index is 0.0555. The number of nitrogens with one attached hydrogen (secondary N) is 1. The molecular formula is C9H15NO4. The van der Waals surface area contributed by atoms with E-state index < -0.39 is 5.97 Å². The summed E-state index contributed by atoms with van der Waals surface area (Å²) in [6, 6.07) is 0. The van der Waals surface area contributed by atoms with Crippen molar-refractivity contribution in [2.75, 3.05) is 20.3 Å². The molecule has 0 saturated heterocycles. The maximum absolute atomic E-state index is 11.3. The molecule has 0 aromatic carbocycles. The molecule has 0 aliphatic heterocycles. The summed E-state index contributed by atoms with van der Waals surface area (Å²) >= 11 is 0. The first kappa shape index (κ1) is 12.6. The fraction of sp³-hybridized carbons (Fsp3) is 0.556. The Kier molecular flexibility index (Phi) is 5.55. The molecule has 0 bridgehead atoms. The third-order valence-corrected chi connectivity index (χ3v) is 1.82. The molecule has 0 aliphatic rings. The van der Waals surface area contributed by atoms with Crippen LogP contribution in [0.15, 0.2) is 11.1 Å². The van der Waals surface area contributed by atoms with Crippen LogP contribution in [0.4, 0.5) is 0 Å². The molecule has 14 heavy (non-hydrogen) atoms. The SMILES string of the molecule is COCCNC(=O)/C(C)=C(/C)C(=O)O. The van der Waals surface area contributed by atoms with Crippen LogP contribution in [0.2, 0.25) is 0 Å². The van der Waals surface area contributed by atoms with Gasteiger partial charge in [-0.25, -0.2) is 4.79 Å². The van der Waals surface area contributed by atoms with Crippen molar-refractivity contribution < 1.29 is 19.4 Å². The number of hydrogen-bond acceptors (Lipinski definition) is 3. The van der Waals surface area contributed by atoms with Crippen molar-refractivity contribution in [1.82, 2.24) is 5.32 Å². The quantitative estimate of drug-likeness (QED) is 0.491. The maximum Gasteiger partial charge on any atom is 0.331 e. The van der Waals surface area contributed by atoms with Crippen LogP contribution < -0.4 is 5.32 Å². The molecule has 0 saturated carbocycles. The smallest absolute Gasteiger partial charge is 0.331 e. The molecule has 2 N–H and O–H groups in total. The molecule has 0 unspecified atom stereocenters. The molecule has 0 rings (SSSR count). The van der Waals surface area contributed by atoms with E-state index in [2.05, 4.69) is 5.32 Å². The van der Waals surface area contributed by atoms with Gasteiger partial charge < -0.3 is 15.2 Å². The van der Waals surface area contributed by atoms with Crippen molar-refractivity contribution in [3.63, 3.8) is 0 Å². The average molecular weight is 201 g/mol. The Balaban J connectivity index is 4.25. The van der Waals surface area contributed by atoms with Crippen LogP contribution in [-0.4, -0.2) is 37.2 Å². The van der Waals surface area contributed by atoms with Crippen LogP contribution in [0.3, 0.4) is 0 Å². The van der Waals surface area contributed by atoms with Crippen molar-refractivity contribution >= 4 is 11.9 Å². The Hall–Kier alpha value is -1.36. The fourth-order valence-electron chi connectivity index (χ4n) is 0.730. The van der Waals surface area contributed by atoms with Crippen LogP contribution >= 0.6 is 0 Å². The van der Waals surface area contributed by atoms with E-state index in [1.54, 1.807) is 0 Å². The van der Waals surface area contributed by atoms with Gasteiger partial charge in [-0.1, -0.05) is 0 Å². The monoisotopic (exact) mass is 201 g/mol. The number of methoxy groups -OCH3 is 1. The van der Waals surface area contributed by atoms with Gasteiger partial charge in [-0.15, -0.1) is 0 Å². The lowest BCUT2D eigenvalue weighted by atomic mass is 10.1. The summed E-state index contributed by atoms with van der Waals surface area (Å²) in [4.78, 5) is 21.8. The van der Waals surface area contributed by atoms with Crippen molar-refractivity contribution in [2.24, 2.45) is 0 Å². The van der Waals surface area contributed by atoms with Gasteiger partial charge in [0.15, 0.2) is 0 Å². The van der Waals surface area contributed by atoms with Gasteiger partial charge in [-0.3, -0.25) is 4.79 Å². The normalized spacial score (nSPS) is 11.9. The molecule has 0 radical (unpaired) electrons. The van der Waals surface area contributed by atoms with Gasteiger partial charge in [0, 0.05) is 24.8 Å². The van der Waals surface area contributed by atoms with E-state index in [4.69, 9.17) is 9.84 Å². The molecule has 0 aromatic rings. The largest absolute Gasteiger partial charge is 0.478 e.